The van der Waals surface area contributed by atoms with E-state index in [1.54, 1.807) is 37.4 Å². The van der Waals surface area contributed by atoms with Crippen LogP contribution in [-0.4, -0.2) is 29.9 Å². The molecular formula is C15H14ClF3N2OS2. The molecule has 0 radical (unpaired) electrons. The summed E-state index contributed by atoms with van der Waals surface area (Å²) in [5.74, 6) is -1.01. The van der Waals surface area contributed by atoms with Gasteiger partial charge in [0, 0.05) is 16.8 Å². The number of amides is 2. The predicted octanol–water partition coefficient (Wildman–Crippen LogP) is 5.72. The summed E-state index contributed by atoms with van der Waals surface area (Å²) < 4.78 is 37.8. The van der Waals surface area contributed by atoms with E-state index in [4.69, 9.17) is 11.6 Å². The molecule has 0 aliphatic heterocycles. The number of hydrogen-bond acceptors (Lipinski definition) is 3. The summed E-state index contributed by atoms with van der Waals surface area (Å²) in [6.07, 6.45) is -4.27. The largest absolute Gasteiger partial charge is 0.398 e. The molecule has 1 N–H and O–H groups in total. The molecule has 9 heteroatoms. The standard InChI is InChI=1S/C15H14ClF3N2OS2/c1-21(8-10-6-7-13(16)24-10)14(22)20-11-4-2-3-5-12(11)23-9-15(17,18)19/h2-7H,8-9H2,1H3,(H,20,22). The zero-order chi connectivity index (χ0) is 17.7. The maximum Gasteiger partial charge on any atom is 0.398 e. The number of carbonyl (C=O) groups excluding carboxylic acids is 1. The lowest BCUT2D eigenvalue weighted by molar-refractivity contribution is -0.105. The van der Waals surface area contributed by atoms with Crippen LogP contribution in [0.3, 0.4) is 0 Å². The Kier molecular flexibility index (Phi) is 6.42. The van der Waals surface area contributed by atoms with Crippen LogP contribution >= 0.6 is 34.7 Å². The fraction of sp³-hybridized carbons (Fsp3) is 0.267. The number of urea groups is 1. The zero-order valence-electron chi connectivity index (χ0n) is 12.6. The highest BCUT2D eigenvalue weighted by atomic mass is 35.5. The van der Waals surface area contributed by atoms with Gasteiger partial charge in [-0.1, -0.05) is 23.7 Å². The van der Waals surface area contributed by atoms with E-state index in [0.717, 1.165) is 4.88 Å². The van der Waals surface area contributed by atoms with Crippen molar-refractivity contribution in [3.05, 3.63) is 45.6 Å². The van der Waals surface area contributed by atoms with Crippen LogP contribution in [0.4, 0.5) is 23.7 Å². The number of thiophene rings is 1. The molecule has 0 atom stereocenters. The second-order valence-corrected chi connectivity index (χ2v) is 7.71. The molecule has 0 bridgehead atoms. The van der Waals surface area contributed by atoms with E-state index in [9.17, 15) is 18.0 Å². The molecule has 3 nitrogen and oxygen atoms in total. The molecule has 0 aliphatic rings. The maximum absolute atomic E-state index is 12.4. The Bertz CT molecular complexity index is 706. The van der Waals surface area contributed by atoms with Crippen molar-refractivity contribution in [1.29, 1.82) is 0 Å². The highest BCUT2D eigenvalue weighted by molar-refractivity contribution is 7.99. The van der Waals surface area contributed by atoms with Gasteiger partial charge in [-0.3, -0.25) is 0 Å². The summed E-state index contributed by atoms with van der Waals surface area (Å²) in [6.45, 7) is 0.362. The number of benzene rings is 1. The topological polar surface area (TPSA) is 32.3 Å². The van der Waals surface area contributed by atoms with Gasteiger partial charge in [-0.05, 0) is 24.3 Å². The summed E-state index contributed by atoms with van der Waals surface area (Å²) in [4.78, 5) is 15.0. The van der Waals surface area contributed by atoms with Crippen molar-refractivity contribution in [2.75, 3.05) is 18.1 Å². The van der Waals surface area contributed by atoms with Crippen molar-refractivity contribution in [1.82, 2.24) is 4.90 Å². The molecule has 0 aliphatic carbocycles. The highest BCUT2D eigenvalue weighted by Crippen LogP contribution is 2.32. The van der Waals surface area contributed by atoms with Crippen LogP contribution in [0.25, 0.3) is 0 Å². The molecule has 1 heterocycles. The van der Waals surface area contributed by atoms with Crippen LogP contribution in [0.2, 0.25) is 4.34 Å². The van der Waals surface area contributed by atoms with Gasteiger partial charge in [0.1, 0.15) is 0 Å². The van der Waals surface area contributed by atoms with Crippen molar-refractivity contribution in [3.8, 4) is 0 Å². The third-order valence-electron chi connectivity index (χ3n) is 2.89. The molecule has 0 spiro atoms. The number of nitrogens with zero attached hydrogens (tertiary/aromatic N) is 1. The van der Waals surface area contributed by atoms with Crippen molar-refractivity contribution in [2.24, 2.45) is 0 Å². The number of hydrogen-bond donors (Lipinski definition) is 1. The van der Waals surface area contributed by atoms with Gasteiger partial charge in [0.05, 0.1) is 22.3 Å². The fourth-order valence-electron chi connectivity index (χ4n) is 1.81. The summed E-state index contributed by atoms with van der Waals surface area (Å²) in [5.41, 5.74) is 0.354. The lowest BCUT2D eigenvalue weighted by Crippen LogP contribution is -2.30. The number of carbonyl (C=O) groups is 1. The van der Waals surface area contributed by atoms with E-state index < -0.39 is 18.0 Å². The van der Waals surface area contributed by atoms with Crippen molar-refractivity contribution in [2.45, 2.75) is 17.6 Å². The van der Waals surface area contributed by atoms with Gasteiger partial charge in [-0.25, -0.2) is 4.79 Å². The van der Waals surface area contributed by atoms with E-state index in [1.165, 1.54) is 16.2 Å². The number of halogens is 4. The average Bonchev–Trinajstić information content (AvgIpc) is 2.90. The second-order valence-electron chi connectivity index (χ2n) is 4.89. The second kappa shape index (κ2) is 8.13. The van der Waals surface area contributed by atoms with Gasteiger partial charge in [0.25, 0.3) is 0 Å². The first kappa shape index (κ1) is 19.0. The molecule has 24 heavy (non-hydrogen) atoms. The van der Waals surface area contributed by atoms with E-state index in [1.807, 2.05) is 6.07 Å². The Morgan fingerprint density at radius 1 is 1.29 bits per heavy atom. The van der Waals surface area contributed by atoms with Gasteiger partial charge in [0.2, 0.25) is 0 Å². The first-order valence-electron chi connectivity index (χ1n) is 6.79. The Morgan fingerprint density at radius 2 is 2.00 bits per heavy atom. The Balaban J connectivity index is 2.00. The summed E-state index contributed by atoms with van der Waals surface area (Å²) in [5, 5.41) is 2.64. The van der Waals surface area contributed by atoms with Gasteiger partial charge in [-0.15, -0.1) is 23.1 Å². The first-order valence-corrected chi connectivity index (χ1v) is 8.97. The lowest BCUT2D eigenvalue weighted by Gasteiger charge is -2.18. The third-order valence-corrected chi connectivity index (χ3v) is 5.24. The monoisotopic (exact) mass is 394 g/mol. The van der Waals surface area contributed by atoms with Crippen LogP contribution in [0.5, 0.6) is 0 Å². The fourth-order valence-corrected chi connectivity index (χ4v) is 3.72. The van der Waals surface area contributed by atoms with Gasteiger partial charge < -0.3 is 10.2 Å². The number of alkyl halides is 3. The smallest absolute Gasteiger partial charge is 0.322 e. The molecule has 130 valence electrons. The molecule has 0 unspecified atom stereocenters. The van der Waals surface area contributed by atoms with E-state index >= 15 is 0 Å². The van der Waals surface area contributed by atoms with Crippen LogP contribution in [0.15, 0.2) is 41.3 Å². The molecule has 1 aromatic carbocycles. The molecule has 2 aromatic rings. The number of nitrogens with one attached hydrogen (secondary N) is 1. The Labute approximate surface area is 150 Å². The summed E-state index contributed by atoms with van der Waals surface area (Å²) >= 11 is 7.86. The lowest BCUT2D eigenvalue weighted by atomic mass is 10.3. The SMILES string of the molecule is CN(Cc1ccc(Cl)s1)C(=O)Nc1ccccc1SCC(F)(F)F. The van der Waals surface area contributed by atoms with E-state index in [0.29, 0.717) is 33.2 Å². The molecule has 0 fully saturated rings. The minimum absolute atomic E-state index is 0.354. The number of anilines is 1. The quantitative estimate of drug-likeness (QED) is 0.658. The van der Waals surface area contributed by atoms with Gasteiger partial charge >= 0.3 is 12.2 Å². The van der Waals surface area contributed by atoms with Crippen molar-refractivity contribution in [3.63, 3.8) is 0 Å². The van der Waals surface area contributed by atoms with Crippen LogP contribution in [-0.2, 0) is 6.54 Å². The average molecular weight is 395 g/mol. The predicted molar refractivity (Wildman–Crippen MR) is 93.0 cm³/mol. The van der Waals surface area contributed by atoms with Crippen molar-refractivity contribution >= 4 is 46.4 Å². The zero-order valence-corrected chi connectivity index (χ0v) is 15.0. The van der Waals surface area contributed by atoms with Crippen LogP contribution < -0.4 is 5.32 Å². The minimum atomic E-state index is -4.27. The van der Waals surface area contributed by atoms with E-state index in [2.05, 4.69) is 5.32 Å². The number of rotatable bonds is 5. The van der Waals surface area contributed by atoms with Crippen LogP contribution in [0, 0.1) is 0 Å². The highest BCUT2D eigenvalue weighted by Gasteiger charge is 2.27. The van der Waals surface area contributed by atoms with Crippen molar-refractivity contribution < 1.29 is 18.0 Å². The van der Waals surface area contributed by atoms with E-state index in [-0.39, 0.29) is 0 Å². The molecule has 1 aromatic heterocycles. The Hall–Kier alpha value is -1.38. The molecule has 2 amide bonds. The Morgan fingerprint density at radius 3 is 2.62 bits per heavy atom. The normalized spacial score (nSPS) is 11.4. The first-order chi connectivity index (χ1) is 11.2. The molecular weight excluding hydrogens is 381 g/mol. The van der Waals surface area contributed by atoms with Gasteiger partial charge in [-0.2, -0.15) is 13.2 Å². The molecule has 0 saturated heterocycles. The number of para-hydroxylation sites is 1. The minimum Gasteiger partial charge on any atom is -0.322 e. The van der Waals surface area contributed by atoms with Gasteiger partial charge in [0.15, 0.2) is 0 Å². The van der Waals surface area contributed by atoms with Crippen LogP contribution in [0.1, 0.15) is 4.88 Å². The summed E-state index contributed by atoms with van der Waals surface area (Å²) in [6, 6.07) is 9.58. The third kappa shape index (κ3) is 5.92. The maximum atomic E-state index is 12.4. The molecule has 2 rings (SSSR count). The number of thioether (sulfide) groups is 1. The summed E-state index contributed by atoms with van der Waals surface area (Å²) in [7, 11) is 1.61. The molecule has 0 saturated carbocycles.